The zero-order chi connectivity index (χ0) is 22.0. The summed E-state index contributed by atoms with van der Waals surface area (Å²) in [6, 6.07) is 12.9. The van der Waals surface area contributed by atoms with Gasteiger partial charge in [0, 0.05) is 32.0 Å². The van der Waals surface area contributed by atoms with E-state index < -0.39 is 17.2 Å². The fourth-order valence-electron chi connectivity index (χ4n) is 4.76. The third-order valence-electron chi connectivity index (χ3n) is 6.25. The Bertz CT molecular complexity index is 982. The largest absolute Gasteiger partial charge is 0.392 e. The Morgan fingerprint density at radius 3 is 2.68 bits per heavy atom. The predicted octanol–water partition coefficient (Wildman–Crippen LogP) is 3.66. The molecule has 2 aromatic carbocycles. The van der Waals surface area contributed by atoms with Crippen LogP contribution >= 0.6 is 0 Å². The minimum atomic E-state index is -0.764. The molecule has 0 spiro atoms. The van der Waals surface area contributed by atoms with Crippen LogP contribution in [-0.4, -0.2) is 52.4 Å². The van der Waals surface area contributed by atoms with Crippen LogP contribution in [0.25, 0.3) is 0 Å². The van der Waals surface area contributed by atoms with E-state index in [1.807, 2.05) is 30.3 Å². The molecular weight excluding hydrogens is 400 g/mol. The Labute approximate surface area is 181 Å². The van der Waals surface area contributed by atoms with Gasteiger partial charge in [0.15, 0.2) is 0 Å². The van der Waals surface area contributed by atoms with E-state index in [0.29, 0.717) is 25.1 Å². The quantitative estimate of drug-likeness (QED) is 0.766. The number of hydrogen-bond acceptors (Lipinski definition) is 4. The molecule has 0 bridgehead atoms. The summed E-state index contributed by atoms with van der Waals surface area (Å²) in [4.78, 5) is 14.8. The summed E-state index contributed by atoms with van der Waals surface area (Å²) >= 11 is 0. The lowest BCUT2D eigenvalue weighted by Crippen LogP contribution is -2.43. The van der Waals surface area contributed by atoms with Crippen LogP contribution < -0.4 is 0 Å². The molecule has 5 nitrogen and oxygen atoms in total. The second-order valence-electron chi connectivity index (χ2n) is 8.42. The Kier molecular flexibility index (Phi) is 6.16. The molecule has 1 fully saturated rings. The molecule has 2 aromatic rings. The average Bonchev–Trinajstić information content (AvgIpc) is 3.35. The highest BCUT2D eigenvalue weighted by atomic mass is 19.1. The molecule has 31 heavy (non-hydrogen) atoms. The van der Waals surface area contributed by atoms with Gasteiger partial charge < -0.3 is 10.0 Å². The second-order valence-corrected chi connectivity index (χ2v) is 8.42. The number of β-amino-alcohol motifs (C(OH)–C–C–N with tert-alkyl or cyclic N) is 1. The topological polar surface area (TPSA) is 56.1 Å². The number of carbonyl (C=O) groups excluding carboxylic acids is 1. The van der Waals surface area contributed by atoms with Gasteiger partial charge in [-0.15, -0.1) is 0 Å². The molecule has 0 radical (unpaired) electrons. The molecule has 0 aliphatic carbocycles. The number of benzene rings is 2. The molecule has 2 aliphatic heterocycles. The van der Waals surface area contributed by atoms with E-state index in [9.17, 15) is 18.7 Å². The molecule has 0 unspecified atom stereocenters. The van der Waals surface area contributed by atoms with Gasteiger partial charge in [-0.3, -0.25) is 4.79 Å². The lowest BCUT2D eigenvalue weighted by Gasteiger charge is -2.37. The number of aliphatic hydroxyl groups excluding tert-OH is 1. The Morgan fingerprint density at radius 2 is 2.00 bits per heavy atom. The van der Waals surface area contributed by atoms with Crippen LogP contribution in [0.3, 0.4) is 0 Å². The Balaban J connectivity index is 1.66. The molecule has 2 atom stereocenters. The molecule has 0 saturated carbocycles. The molecule has 2 heterocycles. The molecule has 1 amide bonds. The van der Waals surface area contributed by atoms with Crippen molar-refractivity contribution in [3.63, 3.8) is 0 Å². The Hall–Kier alpha value is -2.64. The molecule has 1 N–H and O–H groups in total. The van der Waals surface area contributed by atoms with Crippen molar-refractivity contribution in [3.05, 3.63) is 71.3 Å². The molecule has 2 aliphatic rings. The van der Waals surface area contributed by atoms with Crippen LogP contribution in [-0.2, 0) is 10.3 Å². The number of rotatable bonds is 6. The van der Waals surface area contributed by atoms with Gasteiger partial charge in [0.2, 0.25) is 5.91 Å². The number of nitrogens with zero attached hydrogens (tertiary/aromatic N) is 3. The highest BCUT2D eigenvalue weighted by molar-refractivity contribution is 6.03. The second kappa shape index (κ2) is 8.85. The summed E-state index contributed by atoms with van der Waals surface area (Å²) in [6.45, 7) is 3.75. The number of carbonyl (C=O) groups is 1. The first-order valence-corrected chi connectivity index (χ1v) is 10.7. The molecule has 7 heteroatoms. The standard InChI is InChI=1S/C24H27F2N3O2/c1-17(30)29-24(18-6-3-2-4-7-18,11-5-12-28-13-10-20(31)16-28)15-23(27-29)21-14-19(25)8-9-22(21)26/h2-4,6-9,14,20,31H,5,10-13,15-16H2,1H3/t20-,24+/m0/s1. The molecule has 1 saturated heterocycles. The van der Waals surface area contributed by atoms with Crippen molar-refractivity contribution in [2.45, 2.75) is 44.2 Å². The lowest BCUT2D eigenvalue weighted by molar-refractivity contribution is -0.135. The molecule has 4 rings (SSSR count). The van der Waals surface area contributed by atoms with Gasteiger partial charge in [0.25, 0.3) is 0 Å². The highest BCUT2D eigenvalue weighted by Crippen LogP contribution is 2.43. The number of hydrogen-bond donors (Lipinski definition) is 1. The summed E-state index contributed by atoms with van der Waals surface area (Å²) in [5, 5.41) is 15.7. The normalized spacial score (nSPS) is 23.9. The van der Waals surface area contributed by atoms with Crippen LogP contribution in [0.4, 0.5) is 8.78 Å². The van der Waals surface area contributed by atoms with E-state index >= 15 is 0 Å². The third kappa shape index (κ3) is 4.38. The monoisotopic (exact) mass is 427 g/mol. The molecular formula is C24H27F2N3O2. The first-order valence-electron chi connectivity index (χ1n) is 10.7. The summed E-state index contributed by atoms with van der Waals surface area (Å²) in [7, 11) is 0. The average molecular weight is 427 g/mol. The number of amides is 1. The maximum Gasteiger partial charge on any atom is 0.240 e. The summed E-state index contributed by atoms with van der Waals surface area (Å²) in [6.07, 6.45) is 2.19. The van der Waals surface area contributed by atoms with Crippen LogP contribution in [0.1, 0.15) is 43.7 Å². The van der Waals surface area contributed by atoms with Gasteiger partial charge in [-0.25, -0.2) is 13.8 Å². The smallest absolute Gasteiger partial charge is 0.240 e. The van der Waals surface area contributed by atoms with Crippen molar-refractivity contribution in [3.8, 4) is 0 Å². The molecule has 164 valence electrons. The summed E-state index contributed by atoms with van der Waals surface area (Å²) < 4.78 is 28.4. The van der Waals surface area contributed by atoms with E-state index in [0.717, 1.165) is 49.7 Å². The van der Waals surface area contributed by atoms with Gasteiger partial charge in [-0.2, -0.15) is 5.10 Å². The number of hydrazone groups is 1. The van der Waals surface area contributed by atoms with Crippen LogP contribution in [0.15, 0.2) is 53.6 Å². The number of likely N-dealkylation sites (tertiary alicyclic amines) is 1. The maximum atomic E-state index is 14.5. The highest BCUT2D eigenvalue weighted by Gasteiger charge is 2.46. The van der Waals surface area contributed by atoms with Gasteiger partial charge in [-0.05, 0) is 49.6 Å². The van der Waals surface area contributed by atoms with Gasteiger partial charge in [0.1, 0.15) is 11.6 Å². The lowest BCUT2D eigenvalue weighted by atomic mass is 9.80. The van der Waals surface area contributed by atoms with Crippen LogP contribution in [0, 0.1) is 11.6 Å². The van der Waals surface area contributed by atoms with Gasteiger partial charge in [0.05, 0.1) is 17.4 Å². The van der Waals surface area contributed by atoms with E-state index in [1.54, 1.807) is 0 Å². The first-order chi connectivity index (χ1) is 14.9. The zero-order valence-electron chi connectivity index (χ0n) is 17.6. The van der Waals surface area contributed by atoms with E-state index in [-0.39, 0.29) is 17.6 Å². The predicted molar refractivity (Wildman–Crippen MR) is 114 cm³/mol. The minimum Gasteiger partial charge on any atom is -0.392 e. The van der Waals surface area contributed by atoms with Crippen molar-refractivity contribution in [1.82, 2.24) is 9.91 Å². The maximum absolute atomic E-state index is 14.5. The summed E-state index contributed by atoms with van der Waals surface area (Å²) in [5.74, 6) is -1.34. The SMILES string of the molecule is CC(=O)N1N=C(c2cc(F)ccc2F)C[C@]1(CCCN1CC[C@H](O)C1)c1ccccc1. The van der Waals surface area contributed by atoms with Crippen molar-refractivity contribution < 1.29 is 18.7 Å². The van der Waals surface area contributed by atoms with Crippen molar-refractivity contribution in [1.29, 1.82) is 0 Å². The van der Waals surface area contributed by atoms with Crippen LogP contribution in [0.5, 0.6) is 0 Å². The summed E-state index contributed by atoms with van der Waals surface area (Å²) in [5.41, 5.74) is 0.612. The molecule has 0 aromatic heterocycles. The Morgan fingerprint density at radius 1 is 1.23 bits per heavy atom. The van der Waals surface area contributed by atoms with E-state index in [1.165, 1.54) is 11.9 Å². The van der Waals surface area contributed by atoms with E-state index in [2.05, 4.69) is 10.0 Å². The van der Waals surface area contributed by atoms with Crippen molar-refractivity contribution in [2.24, 2.45) is 5.10 Å². The fourth-order valence-corrected chi connectivity index (χ4v) is 4.76. The van der Waals surface area contributed by atoms with Crippen molar-refractivity contribution >= 4 is 11.6 Å². The first kappa shape index (κ1) is 21.6. The van der Waals surface area contributed by atoms with Crippen molar-refractivity contribution in [2.75, 3.05) is 19.6 Å². The fraction of sp³-hybridized carbons (Fsp3) is 0.417. The zero-order valence-corrected chi connectivity index (χ0v) is 17.6. The van der Waals surface area contributed by atoms with Gasteiger partial charge in [-0.1, -0.05) is 30.3 Å². The number of aliphatic hydroxyl groups is 1. The van der Waals surface area contributed by atoms with Gasteiger partial charge >= 0.3 is 0 Å². The number of halogens is 2. The van der Waals surface area contributed by atoms with E-state index in [4.69, 9.17) is 0 Å². The van der Waals surface area contributed by atoms with Crippen LogP contribution in [0.2, 0.25) is 0 Å². The minimum absolute atomic E-state index is 0.0896. The third-order valence-corrected chi connectivity index (χ3v) is 6.25.